The van der Waals surface area contributed by atoms with Crippen LogP contribution in [0.15, 0.2) is 59.5 Å². The molecule has 0 unspecified atom stereocenters. The smallest absolute Gasteiger partial charge is 0.404 e. The van der Waals surface area contributed by atoms with Crippen molar-refractivity contribution in [2.45, 2.75) is 102 Å². The number of benzene rings is 2. The van der Waals surface area contributed by atoms with Gasteiger partial charge in [0, 0.05) is 18.7 Å². The Balaban J connectivity index is 1.14. The van der Waals surface area contributed by atoms with E-state index in [4.69, 9.17) is 9.31 Å². The fraction of sp³-hybridized carbons (Fsp3) is 0.514. The van der Waals surface area contributed by atoms with Crippen LogP contribution >= 0.6 is 0 Å². The predicted molar refractivity (Wildman–Crippen MR) is 189 cm³/mol. The molecule has 3 amide bonds. The molecule has 2 bridgehead atoms. The van der Waals surface area contributed by atoms with Gasteiger partial charge in [-0.15, -0.1) is 0 Å². The zero-order valence-corrected chi connectivity index (χ0v) is 30.1. The van der Waals surface area contributed by atoms with Crippen LogP contribution in [0.25, 0.3) is 0 Å². The zero-order chi connectivity index (χ0) is 38.1. The third-order valence-corrected chi connectivity index (χ3v) is 12.0. The number of hydrogen-bond acceptors (Lipinski definition) is 7. The van der Waals surface area contributed by atoms with Gasteiger partial charge in [-0.05, 0) is 92.3 Å². The summed E-state index contributed by atoms with van der Waals surface area (Å²) >= 11 is 0. The van der Waals surface area contributed by atoms with Gasteiger partial charge < -0.3 is 30.6 Å². The molecule has 16 heteroatoms. The number of nitrogens with one attached hydrogen (secondary N) is 4. The molecule has 3 aliphatic carbocycles. The molecule has 3 saturated carbocycles. The second-order valence-electron chi connectivity index (χ2n) is 15.7. The molecule has 2 aromatic carbocycles. The molecule has 8 rings (SSSR count). The molecule has 11 nitrogen and oxygen atoms in total. The molecule has 4 N–H and O–H groups in total. The van der Waals surface area contributed by atoms with Crippen LogP contribution in [-0.4, -0.2) is 46.3 Å². The topological polar surface area (TPSA) is 136 Å². The van der Waals surface area contributed by atoms with Crippen molar-refractivity contribution in [1.82, 2.24) is 20.2 Å². The highest BCUT2D eigenvalue weighted by Crippen LogP contribution is 2.65. The van der Waals surface area contributed by atoms with Crippen molar-refractivity contribution in [2.24, 2.45) is 17.3 Å². The Bertz CT molecular complexity index is 1980. The van der Waals surface area contributed by atoms with E-state index in [9.17, 15) is 31.9 Å². The second kappa shape index (κ2) is 13.1. The second-order valence-corrected chi connectivity index (χ2v) is 15.7. The average Bonchev–Trinajstić information content (AvgIpc) is 3.61. The molecule has 7 atom stereocenters. The van der Waals surface area contributed by atoms with E-state index < -0.39 is 65.3 Å². The van der Waals surface area contributed by atoms with Gasteiger partial charge in [0.25, 0.3) is 5.56 Å². The number of amides is 3. The molecular formula is C37H43BF4N6O5. The van der Waals surface area contributed by atoms with E-state index in [2.05, 4.69) is 47.0 Å². The summed E-state index contributed by atoms with van der Waals surface area (Å²) in [5.41, 5.74) is -2.62. The van der Waals surface area contributed by atoms with Crippen molar-refractivity contribution >= 4 is 30.4 Å². The Hall–Kier alpha value is -4.44. The molecule has 4 fully saturated rings. The van der Waals surface area contributed by atoms with Crippen molar-refractivity contribution in [1.29, 1.82) is 0 Å². The molecule has 2 aliphatic heterocycles. The van der Waals surface area contributed by atoms with E-state index in [-0.39, 0.29) is 41.6 Å². The Morgan fingerprint density at radius 2 is 1.83 bits per heavy atom. The van der Waals surface area contributed by atoms with Gasteiger partial charge in [-0.3, -0.25) is 14.2 Å². The lowest BCUT2D eigenvalue weighted by Gasteiger charge is -2.64. The lowest BCUT2D eigenvalue weighted by Crippen LogP contribution is -2.65. The summed E-state index contributed by atoms with van der Waals surface area (Å²) in [6, 6.07) is 8.07. The maximum Gasteiger partial charge on any atom is 0.481 e. The fourth-order valence-corrected chi connectivity index (χ4v) is 8.89. The van der Waals surface area contributed by atoms with Crippen LogP contribution in [0.3, 0.4) is 0 Å². The van der Waals surface area contributed by atoms with Gasteiger partial charge in [-0.25, -0.2) is 14.2 Å². The average molecular weight is 739 g/mol. The number of alkyl halides is 3. The Kier molecular flexibility index (Phi) is 9.16. The first kappa shape index (κ1) is 36.9. The van der Waals surface area contributed by atoms with E-state index >= 15 is 0 Å². The van der Waals surface area contributed by atoms with Crippen LogP contribution in [0, 0.1) is 23.1 Å². The van der Waals surface area contributed by atoms with Crippen molar-refractivity contribution < 1.29 is 36.5 Å². The molecule has 282 valence electrons. The highest BCUT2D eigenvalue weighted by atomic mass is 19.4. The minimum Gasteiger partial charge on any atom is -0.404 e. The third kappa shape index (κ3) is 6.57. The first-order valence-electron chi connectivity index (χ1n) is 17.9. The Morgan fingerprint density at radius 1 is 1.09 bits per heavy atom. The van der Waals surface area contributed by atoms with Gasteiger partial charge in [-0.1, -0.05) is 32.9 Å². The number of carbonyl (C=O) groups is 2. The quantitative estimate of drug-likeness (QED) is 0.153. The van der Waals surface area contributed by atoms with Crippen molar-refractivity contribution in [2.75, 3.05) is 10.6 Å². The van der Waals surface area contributed by atoms with Crippen LogP contribution in [0.4, 0.5) is 33.7 Å². The fourth-order valence-electron chi connectivity index (χ4n) is 8.89. The largest absolute Gasteiger partial charge is 0.481 e. The van der Waals surface area contributed by atoms with Gasteiger partial charge in [0.05, 0.1) is 34.9 Å². The molecular weight excluding hydrogens is 695 g/mol. The van der Waals surface area contributed by atoms with Crippen LogP contribution in [0.1, 0.15) is 83.3 Å². The Morgan fingerprint density at radius 3 is 2.51 bits per heavy atom. The summed E-state index contributed by atoms with van der Waals surface area (Å²) in [5, 5.41) is 11.4. The number of urea groups is 1. The molecule has 0 radical (unpaired) electrons. The van der Waals surface area contributed by atoms with E-state index in [0.29, 0.717) is 23.9 Å². The molecule has 5 aliphatic rings. The minimum atomic E-state index is -4.54. The molecule has 1 aromatic heterocycles. The first-order chi connectivity index (χ1) is 24.9. The maximum absolute atomic E-state index is 14.3. The normalized spacial score (nSPS) is 28.7. The number of fused-ring (bicyclic) bond motifs is 1. The summed E-state index contributed by atoms with van der Waals surface area (Å²) in [5.74, 6) is -0.588. The first-order valence-corrected chi connectivity index (χ1v) is 17.9. The van der Waals surface area contributed by atoms with Gasteiger partial charge in [0.1, 0.15) is 23.4 Å². The number of anilines is 2. The minimum absolute atomic E-state index is 0.0444. The van der Waals surface area contributed by atoms with Gasteiger partial charge in [0.15, 0.2) is 0 Å². The number of carbonyl (C=O) groups excluding carboxylic acids is 2. The van der Waals surface area contributed by atoms with Gasteiger partial charge in [-0.2, -0.15) is 13.2 Å². The maximum atomic E-state index is 14.3. The van der Waals surface area contributed by atoms with Crippen LogP contribution in [-0.2, 0) is 32.4 Å². The summed E-state index contributed by atoms with van der Waals surface area (Å²) in [7, 11) is -0.712. The number of halogens is 4. The van der Waals surface area contributed by atoms with Crippen LogP contribution in [0.5, 0.6) is 0 Å². The third-order valence-electron chi connectivity index (χ3n) is 12.0. The zero-order valence-electron chi connectivity index (χ0n) is 30.1. The summed E-state index contributed by atoms with van der Waals surface area (Å²) in [6.45, 7) is 10.0. The highest BCUT2D eigenvalue weighted by molar-refractivity contribution is 6.47. The molecule has 3 aromatic rings. The number of nitrogens with zero attached hydrogens (tertiary/aromatic N) is 2. The summed E-state index contributed by atoms with van der Waals surface area (Å²) in [6.07, 6.45) is -1.05. The van der Waals surface area contributed by atoms with Crippen molar-refractivity contribution in [3.05, 3.63) is 87.9 Å². The summed E-state index contributed by atoms with van der Waals surface area (Å²) < 4.78 is 67.8. The number of aromatic nitrogens is 2. The molecule has 0 spiro atoms. The lowest BCUT2D eigenvalue weighted by atomic mass is 9.43. The van der Waals surface area contributed by atoms with Crippen LogP contribution in [0.2, 0.25) is 0 Å². The van der Waals surface area contributed by atoms with E-state index in [0.717, 1.165) is 25.0 Å². The molecule has 1 saturated heterocycles. The van der Waals surface area contributed by atoms with E-state index in [1.165, 1.54) is 47.2 Å². The van der Waals surface area contributed by atoms with E-state index in [1.807, 2.05) is 6.92 Å². The van der Waals surface area contributed by atoms with Gasteiger partial charge in [0.2, 0.25) is 5.91 Å². The monoisotopic (exact) mass is 738 g/mol. The summed E-state index contributed by atoms with van der Waals surface area (Å²) in [4.78, 5) is 46.1. The molecule has 3 heterocycles. The number of hydrogen-bond donors (Lipinski definition) is 4. The van der Waals surface area contributed by atoms with Crippen molar-refractivity contribution in [3.63, 3.8) is 0 Å². The number of rotatable bonds is 9. The Labute approximate surface area is 304 Å². The van der Waals surface area contributed by atoms with Crippen LogP contribution < -0.4 is 26.8 Å². The van der Waals surface area contributed by atoms with E-state index in [1.54, 1.807) is 6.92 Å². The predicted octanol–water partition coefficient (Wildman–Crippen LogP) is 6.16. The highest BCUT2D eigenvalue weighted by Gasteiger charge is 2.68. The standard InChI is InChI=1S/C37H43BF4N6O5/c1-6-29(38-52-28-16-22-15-27(34(22,2)3)36(28,5)53-38)46-30(49)26-17-35(4,47-33(51)45-24-12-10-23(39)11-13-24)32-44-19-25(31(50)48(26)32)43-18-20-8-7-9-21(14-20)37(40,41)42/h7-14,19,22,26-29,43H,6,15-18H2,1-5H3,(H,46,49)(H2,45,47,51)/t22-,26-,27-,28+,29-,35+,36-/m0/s1. The lowest BCUT2D eigenvalue weighted by molar-refractivity contribution is -0.199. The van der Waals surface area contributed by atoms with Crippen molar-refractivity contribution in [3.8, 4) is 0 Å². The SMILES string of the molecule is CC[C@H](NC(=O)[C@@H]1C[C@@](C)(NC(=O)Nc2ccc(F)cc2)c2ncc(NCc3cccc(C(F)(F)F)c3)c(=O)n21)B1O[C@@H]2C[C@@H]3C[C@@H](C3(C)C)[C@]2(C)O1. The molecule has 53 heavy (non-hydrogen) atoms. The van der Waals surface area contributed by atoms with Gasteiger partial charge >= 0.3 is 19.3 Å².